The van der Waals surface area contributed by atoms with E-state index in [1.54, 1.807) is 0 Å². The zero-order valence-corrected chi connectivity index (χ0v) is 18.0. The van der Waals surface area contributed by atoms with E-state index in [0.717, 1.165) is 0 Å². The highest BCUT2D eigenvalue weighted by Crippen LogP contribution is 2.30. The Labute approximate surface area is 181 Å². The van der Waals surface area contributed by atoms with Gasteiger partial charge in [0.1, 0.15) is 7.85 Å². The Morgan fingerprint density at radius 3 is 1.17 bits per heavy atom. The molecule has 4 rings (SSSR count). The van der Waals surface area contributed by atoms with Gasteiger partial charge in [-0.1, -0.05) is 115 Å². The lowest BCUT2D eigenvalue weighted by molar-refractivity contribution is 1.13. The highest BCUT2D eigenvalue weighted by atomic mass is 15.1. The maximum absolute atomic E-state index is 2.20. The van der Waals surface area contributed by atoms with Crippen LogP contribution in [0, 0.1) is 0 Å². The van der Waals surface area contributed by atoms with E-state index < -0.39 is 0 Å². The number of para-hydroxylation sites is 1. The first-order valence-corrected chi connectivity index (χ1v) is 10.3. The van der Waals surface area contributed by atoms with Gasteiger partial charge in [-0.2, -0.15) is 0 Å². The summed E-state index contributed by atoms with van der Waals surface area (Å²) in [4.78, 5) is 2.08. The van der Waals surface area contributed by atoms with Crippen LogP contribution in [0.25, 0.3) is 11.0 Å². The van der Waals surface area contributed by atoms with Gasteiger partial charge in [0.05, 0.1) is 0 Å². The molecule has 148 valence electrons. The highest BCUT2D eigenvalue weighted by molar-refractivity contribution is 6.47. The van der Waals surface area contributed by atoms with Crippen LogP contribution in [0.1, 0.15) is 16.7 Å². The predicted molar refractivity (Wildman–Crippen MR) is 135 cm³/mol. The standard InChI is InChI=1S/C20H17B.C8H11N/c21-20(18-14-8-3-9-15-18)19(16-10-4-1-5-11-16)17-12-6-2-7-13-17;1-9(2)8-6-4-3-5-7-8/h1-15H,21H2;3-7H,1-2H3. The van der Waals surface area contributed by atoms with E-state index in [9.17, 15) is 0 Å². The van der Waals surface area contributed by atoms with Gasteiger partial charge in [0.25, 0.3) is 0 Å². The minimum Gasteiger partial charge on any atom is -0.378 e. The second-order valence-electron chi connectivity index (χ2n) is 7.33. The van der Waals surface area contributed by atoms with Gasteiger partial charge in [-0.25, -0.2) is 0 Å². The minimum atomic E-state index is 1.25. The van der Waals surface area contributed by atoms with E-state index in [2.05, 4.69) is 116 Å². The molecule has 0 amide bonds. The molecule has 0 N–H and O–H groups in total. The Morgan fingerprint density at radius 1 is 0.500 bits per heavy atom. The van der Waals surface area contributed by atoms with E-state index >= 15 is 0 Å². The molecule has 1 nitrogen and oxygen atoms in total. The SMILES string of the molecule is BC(=C(c1ccccc1)c1ccccc1)c1ccccc1.CN(C)c1ccccc1. The number of nitrogens with zero attached hydrogens (tertiary/aromatic N) is 1. The third-order valence-electron chi connectivity index (χ3n) is 4.98. The third-order valence-corrected chi connectivity index (χ3v) is 4.98. The fourth-order valence-electron chi connectivity index (χ4n) is 3.37. The fourth-order valence-corrected chi connectivity index (χ4v) is 3.37. The summed E-state index contributed by atoms with van der Waals surface area (Å²) in [5.74, 6) is 0. The minimum absolute atomic E-state index is 1.25. The van der Waals surface area contributed by atoms with Crippen molar-refractivity contribution in [3.05, 3.63) is 138 Å². The van der Waals surface area contributed by atoms with Crippen molar-refractivity contribution in [3.63, 3.8) is 0 Å². The average molecular weight is 389 g/mol. The van der Waals surface area contributed by atoms with Crippen LogP contribution < -0.4 is 4.90 Å². The first-order valence-electron chi connectivity index (χ1n) is 10.3. The van der Waals surface area contributed by atoms with Crippen LogP contribution in [0.3, 0.4) is 0 Å². The number of hydrogen-bond donors (Lipinski definition) is 0. The molecular weight excluding hydrogens is 361 g/mol. The van der Waals surface area contributed by atoms with Crippen molar-refractivity contribution < 1.29 is 0 Å². The molecule has 0 aliphatic carbocycles. The average Bonchev–Trinajstić information content (AvgIpc) is 2.82. The topological polar surface area (TPSA) is 3.24 Å². The van der Waals surface area contributed by atoms with Crippen LogP contribution in [0.15, 0.2) is 121 Å². The van der Waals surface area contributed by atoms with Crippen LogP contribution in [-0.2, 0) is 0 Å². The lowest BCUT2D eigenvalue weighted by atomic mass is 9.79. The van der Waals surface area contributed by atoms with Crippen molar-refractivity contribution in [2.75, 3.05) is 19.0 Å². The maximum atomic E-state index is 2.20. The molecule has 0 unspecified atom stereocenters. The van der Waals surface area contributed by atoms with Crippen LogP contribution in [0.5, 0.6) is 0 Å². The molecule has 0 aliphatic heterocycles. The molecule has 0 aliphatic rings. The van der Waals surface area contributed by atoms with Gasteiger partial charge >= 0.3 is 0 Å². The number of rotatable bonds is 4. The Kier molecular flexibility index (Phi) is 7.68. The molecule has 0 fully saturated rings. The van der Waals surface area contributed by atoms with E-state index in [4.69, 9.17) is 0 Å². The van der Waals surface area contributed by atoms with Crippen molar-refractivity contribution in [1.29, 1.82) is 0 Å². The highest BCUT2D eigenvalue weighted by Gasteiger charge is 2.09. The van der Waals surface area contributed by atoms with Crippen LogP contribution >= 0.6 is 0 Å². The van der Waals surface area contributed by atoms with Crippen molar-refractivity contribution in [1.82, 2.24) is 0 Å². The number of hydrogen-bond acceptors (Lipinski definition) is 1. The van der Waals surface area contributed by atoms with E-state index in [0.29, 0.717) is 0 Å². The molecule has 4 aromatic carbocycles. The van der Waals surface area contributed by atoms with Gasteiger partial charge < -0.3 is 4.90 Å². The molecule has 0 saturated carbocycles. The zero-order valence-electron chi connectivity index (χ0n) is 18.0. The van der Waals surface area contributed by atoms with Crippen LogP contribution in [0.2, 0.25) is 0 Å². The summed E-state index contributed by atoms with van der Waals surface area (Å²) in [6.07, 6.45) is 0. The largest absolute Gasteiger partial charge is 0.378 e. The fraction of sp³-hybridized carbons (Fsp3) is 0.0714. The van der Waals surface area contributed by atoms with E-state index in [-0.39, 0.29) is 0 Å². The molecule has 4 aromatic rings. The molecular formula is C28H28BN. The van der Waals surface area contributed by atoms with Crippen molar-refractivity contribution >= 4 is 24.6 Å². The molecule has 0 radical (unpaired) electrons. The van der Waals surface area contributed by atoms with Crippen molar-refractivity contribution in [2.45, 2.75) is 0 Å². The normalized spacial score (nSPS) is 9.80. The lowest BCUT2D eigenvalue weighted by Gasteiger charge is -2.14. The monoisotopic (exact) mass is 389 g/mol. The third kappa shape index (κ3) is 5.74. The Bertz CT molecular complexity index is 999. The summed E-state index contributed by atoms with van der Waals surface area (Å²) in [6.45, 7) is 0. The van der Waals surface area contributed by atoms with Gasteiger partial charge in [0.2, 0.25) is 0 Å². The second-order valence-corrected chi connectivity index (χ2v) is 7.33. The Hall–Kier alpha value is -3.52. The van der Waals surface area contributed by atoms with Gasteiger partial charge in [-0.3, -0.25) is 0 Å². The molecule has 0 saturated heterocycles. The lowest BCUT2D eigenvalue weighted by Crippen LogP contribution is -2.07. The molecule has 30 heavy (non-hydrogen) atoms. The quantitative estimate of drug-likeness (QED) is 0.306. The predicted octanol–water partition coefficient (Wildman–Crippen LogP) is 5.99. The summed E-state index contributed by atoms with van der Waals surface area (Å²) in [5.41, 5.74) is 7.61. The van der Waals surface area contributed by atoms with Crippen LogP contribution in [0.4, 0.5) is 5.69 Å². The Balaban J connectivity index is 0.000000239. The van der Waals surface area contributed by atoms with E-state index in [1.165, 1.54) is 33.4 Å². The maximum Gasteiger partial charge on any atom is 0.140 e. The van der Waals surface area contributed by atoms with Gasteiger partial charge in [0, 0.05) is 19.8 Å². The van der Waals surface area contributed by atoms with Gasteiger partial charge in [-0.05, 0) is 34.4 Å². The molecule has 0 bridgehead atoms. The van der Waals surface area contributed by atoms with Gasteiger partial charge in [0.15, 0.2) is 0 Å². The second kappa shape index (κ2) is 10.9. The van der Waals surface area contributed by atoms with Gasteiger partial charge in [-0.15, -0.1) is 0 Å². The first kappa shape index (κ1) is 21.2. The number of benzene rings is 4. The Morgan fingerprint density at radius 2 is 0.833 bits per heavy atom. The smallest absolute Gasteiger partial charge is 0.140 e. The zero-order chi connectivity index (χ0) is 21.2. The molecule has 0 heterocycles. The molecule has 0 atom stereocenters. The van der Waals surface area contributed by atoms with Crippen LogP contribution in [-0.4, -0.2) is 21.9 Å². The molecule has 0 spiro atoms. The summed E-state index contributed by atoms with van der Waals surface area (Å²) >= 11 is 0. The molecule has 0 aromatic heterocycles. The summed E-state index contributed by atoms with van der Waals surface area (Å²) in [6, 6.07) is 42.0. The van der Waals surface area contributed by atoms with E-state index in [1.807, 2.05) is 32.3 Å². The summed E-state index contributed by atoms with van der Waals surface area (Å²) in [5, 5.41) is 0. The summed E-state index contributed by atoms with van der Waals surface area (Å²) < 4.78 is 0. The van der Waals surface area contributed by atoms with Crippen molar-refractivity contribution in [3.8, 4) is 0 Å². The van der Waals surface area contributed by atoms with Crippen molar-refractivity contribution in [2.24, 2.45) is 0 Å². The molecule has 2 heteroatoms. The first-order chi connectivity index (χ1) is 14.7. The summed E-state index contributed by atoms with van der Waals surface area (Å²) in [7, 11) is 6.27. The number of anilines is 1.